The standard InChI is InChI=1S/C21H34N4O2S.HI/c1-25(2)19(26)16-23-20(22-13-15-28-18-8-5-4-6-9-18)24-17-21(10-7-11-21)12-14-27-3;/h4-6,8-9H,7,10-17H2,1-3H3,(H2,22,23,24);1H. The summed E-state index contributed by atoms with van der Waals surface area (Å²) in [5, 5.41) is 6.84. The van der Waals surface area contributed by atoms with Gasteiger partial charge in [0.25, 0.3) is 0 Å². The number of halogens is 1. The van der Waals surface area contributed by atoms with Crippen molar-refractivity contribution in [3.05, 3.63) is 30.3 Å². The predicted octanol–water partition coefficient (Wildman–Crippen LogP) is 3.23. The van der Waals surface area contributed by atoms with Crippen molar-refractivity contribution >= 4 is 47.6 Å². The molecule has 0 aromatic heterocycles. The number of aliphatic imine (C=N–C) groups is 1. The fourth-order valence-electron chi connectivity index (χ4n) is 3.10. The minimum atomic E-state index is -0.00231. The Labute approximate surface area is 196 Å². The summed E-state index contributed by atoms with van der Waals surface area (Å²) in [5.74, 6) is 1.64. The molecule has 1 fully saturated rings. The van der Waals surface area contributed by atoms with Gasteiger partial charge < -0.3 is 20.3 Å². The fourth-order valence-corrected chi connectivity index (χ4v) is 3.89. The van der Waals surface area contributed by atoms with Gasteiger partial charge in [-0.2, -0.15) is 0 Å². The van der Waals surface area contributed by atoms with Gasteiger partial charge >= 0.3 is 0 Å². The fraction of sp³-hybridized carbons (Fsp3) is 0.619. The van der Waals surface area contributed by atoms with Crippen molar-refractivity contribution in [3.63, 3.8) is 0 Å². The third-order valence-electron chi connectivity index (χ3n) is 5.16. The summed E-state index contributed by atoms with van der Waals surface area (Å²) in [6.07, 6.45) is 4.77. The number of amides is 1. The maximum Gasteiger partial charge on any atom is 0.243 e. The van der Waals surface area contributed by atoms with Crippen LogP contribution in [0.5, 0.6) is 0 Å². The molecular weight excluding hydrogens is 499 g/mol. The van der Waals surface area contributed by atoms with E-state index in [0.717, 1.165) is 31.9 Å². The first kappa shape index (κ1) is 26.0. The van der Waals surface area contributed by atoms with Gasteiger partial charge in [-0.3, -0.25) is 4.79 Å². The minimum Gasteiger partial charge on any atom is -0.385 e. The molecule has 0 radical (unpaired) electrons. The van der Waals surface area contributed by atoms with E-state index in [0.29, 0.717) is 11.4 Å². The number of hydrogen-bond donors (Lipinski definition) is 2. The zero-order valence-electron chi connectivity index (χ0n) is 17.8. The average Bonchev–Trinajstić information content (AvgIpc) is 2.67. The van der Waals surface area contributed by atoms with Gasteiger partial charge in [0.2, 0.25) is 5.91 Å². The van der Waals surface area contributed by atoms with Gasteiger partial charge in [-0.25, -0.2) is 4.99 Å². The Balaban J connectivity index is 0.00000420. The molecule has 1 amide bonds. The van der Waals surface area contributed by atoms with Crippen LogP contribution in [0.2, 0.25) is 0 Å². The van der Waals surface area contributed by atoms with Gasteiger partial charge in [0, 0.05) is 51.5 Å². The lowest BCUT2D eigenvalue weighted by molar-refractivity contribution is -0.127. The number of carbonyl (C=O) groups excluding carboxylic acids is 1. The molecular formula is C21H35IN4O2S. The first-order valence-corrected chi connectivity index (χ1v) is 10.9. The molecule has 0 spiro atoms. The first-order chi connectivity index (χ1) is 13.5. The average molecular weight is 535 g/mol. The van der Waals surface area contributed by atoms with Crippen molar-refractivity contribution in [1.82, 2.24) is 15.5 Å². The molecule has 2 N–H and O–H groups in total. The Bertz CT molecular complexity index is 624. The number of rotatable bonds is 11. The molecule has 1 aromatic rings. The van der Waals surface area contributed by atoms with Gasteiger partial charge in [-0.1, -0.05) is 24.6 Å². The van der Waals surface area contributed by atoms with Crippen LogP contribution in [0.25, 0.3) is 0 Å². The van der Waals surface area contributed by atoms with Crippen LogP contribution >= 0.6 is 35.7 Å². The molecule has 1 saturated carbocycles. The number of methoxy groups -OCH3 is 1. The van der Waals surface area contributed by atoms with Crippen LogP contribution in [0, 0.1) is 5.41 Å². The zero-order chi connectivity index (χ0) is 20.2. The largest absolute Gasteiger partial charge is 0.385 e. The summed E-state index contributed by atoms with van der Waals surface area (Å²) in [7, 11) is 5.26. The lowest BCUT2D eigenvalue weighted by atomic mass is 9.67. The van der Waals surface area contributed by atoms with Crippen molar-refractivity contribution < 1.29 is 9.53 Å². The molecule has 29 heavy (non-hydrogen) atoms. The second-order valence-electron chi connectivity index (χ2n) is 7.49. The normalized spacial score (nSPS) is 15.1. The Morgan fingerprint density at radius 3 is 2.55 bits per heavy atom. The Hall–Kier alpha value is -1.000. The van der Waals surface area contributed by atoms with E-state index in [2.05, 4.69) is 39.9 Å². The molecule has 0 saturated heterocycles. The van der Waals surface area contributed by atoms with Crippen LogP contribution in [0.1, 0.15) is 25.7 Å². The van der Waals surface area contributed by atoms with Crippen molar-refractivity contribution in [2.75, 3.05) is 53.2 Å². The number of carbonyl (C=O) groups is 1. The highest BCUT2D eigenvalue weighted by Crippen LogP contribution is 2.43. The van der Waals surface area contributed by atoms with Crippen molar-refractivity contribution in [3.8, 4) is 0 Å². The van der Waals surface area contributed by atoms with E-state index in [1.807, 2.05) is 6.07 Å². The smallest absolute Gasteiger partial charge is 0.243 e. The van der Waals surface area contributed by atoms with Gasteiger partial charge in [-0.05, 0) is 36.8 Å². The molecule has 1 aliphatic carbocycles. The highest BCUT2D eigenvalue weighted by Gasteiger charge is 2.36. The number of benzene rings is 1. The molecule has 6 nitrogen and oxygen atoms in total. The molecule has 0 heterocycles. The van der Waals surface area contributed by atoms with Crippen molar-refractivity contribution in [1.29, 1.82) is 0 Å². The van der Waals surface area contributed by atoms with Crippen LogP contribution in [-0.4, -0.2) is 70.0 Å². The predicted molar refractivity (Wildman–Crippen MR) is 132 cm³/mol. The molecule has 0 unspecified atom stereocenters. The number of hydrogen-bond acceptors (Lipinski definition) is 4. The molecule has 1 aliphatic rings. The quantitative estimate of drug-likeness (QED) is 0.150. The third kappa shape index (κ3) is 9.57. The van der Waals surface area contributed by atoms with E-state index >= 15 is 0 Å². The second-order valence-corrected chi connectivity index (χ2v) is 8.66. The van der Waals surface area contributed by atoms with Crippen LogP contribution in [0.15, 0.2) is 40.2 Å². The lowest BCUT2D eigenvalue weighted by Crippen LogP contribution is -2.47. The molecule has 164 valence electrons. The zero-order valence-corrected chi connectivity index (χ0v) is 20.9. The van der Waals surface area contributed by atoms with Gasteiger partial charge in [0.15, 0.2) is 5.96 Å². The second kappa shape index (κ2) is 14.1. The monoisotopic (exact) mass is 534 g/mol. The number of guanidine groups is 1. The summed E-state index contributed by atoms with van der Waals surface area (Å²) in [6, 6.07) is 10.4. The summed E-state index contributed by atoms with van der Waals surface area (Å²) in [5.41, 5.74) is 0.294. The number of nitrogens with one attached hydrogen (secondary N) is 2. The van der Waals surface area contributed by atoms with Crippen molar-refractivity contribution in [2.24, 2.45) is 10.4 Å². The van der Waals surface area contributed by atoms with E-state index in [4.69, 9.17) is 4.74 Å². The van der Waals surface area contributed by atoms with E-state index in [-0.39, 0.29) is 36.4 Å². The molecule has 2 rings (SSSR count). The first-order valence-electron chi connectivity index (χ1n) is 9.94. The van der Waals surface area contributed by atoms with Gasteiger partial charge in [0.05, 0.1) is 0 Å². The van der Waals surface area contributed by atoms with Crippen LogP contribution in [-0.2, 0) is 9.53 Å². The topological polar surface area (TPSA) is 66.0 Å². The molecule has 1 aromatic carbocycles. The van der Waals surface area contributed by atoms with Gasteiger partial charge in [0.1, 0.15) is 6.54 Å². The maximum absolute atomic E-state index is 11.9. The lowest BCUT2D eigenvalue weighted by Gasteiger charge is -2.42. The summed E-state index contributed by atoms with van der Waals surface area (Å²) in [4.78, 5) is 19.2. The summed E-state index contributed by atoms with van der Waals surface area (Å²) < 4.78 is 5.28. The minimum absolute atomic E-state index is 0. The Morgan fingerprint density at radius 1 is 1.24 bits per heavy atom. The van der Waals surface area contributed by atoms with Gasteiger partial charge in [-0.15, -0.1) is 35.7 Å². The van der Waals surface area contributed by atoms with E-state index < -0.39 is 0 Å². The number of likely N-dealkylation sites (N-methyl/N-ethyl adjacent to an activating group) is 1. The highest BCUT2D eigenvalue weighted by atomic mass is 127. The third-order valence-corrected chi connectivity index (χ3v) is 6.17. The van der Waals surface area contributed by atoms with Crippen LogP contribution < -0.4 is 10.6 Å². The molecule has 0 atom stereocenters. The van der Waals surface area contributed by atoms with Crippen LogP contribution in [0.3, 0.4) is 0 Å². The summed E-state index contributed by atoms with van der Waals surface area (Å²) in [6.45, 7) is 2.59. The molecule has 0 bridgehead atoms. The Morgan fingerprint density at radius 2 is 1.97 bits per heavy atom. The maximum atomic E-state index is 11.9. The highest BCUT2D eigenvalue weighted by molar-refractivity contribution is 14.0. The van der Waals surface area contributed by atoms with E-state index in [1.54, 1.807) is 37.9 Å². The Kier molecular flexibility index (Phi) is 12.6. The number of ether oxygens (including phenoxy) is 1. The number of nitrogens with zero attached hydrogens (tertiary/aromatic N) is 2. The SMILES string of the molecule is COCCC1(CNC(=NCC(=O)N(C)C)NCCSc2ccccc2)CCC1.I. The molecule has 0 aliphatic heterocycles. The van der Waals surface area contributed by atoms with Crippen molar-refractivity contribution in [2.45, 2.75) is 30.6 Å². The number of thioether (sulfide) groups is 1. The van der Waals surface area contributed by atoms with Crippen LogP contribution in [0.4, 0.5) is 0 Å². The van der Waals surface area contributed by atoms with E-state index in [1.165, 1.54) is 24.2 Å². The molecule has 8 heteroatoms. The van der Waals surface area contributed by atoms with E-state index in [9.17, 15) is 4.79 Å². The summed E-state index contributed by atoms with van der Waals surface area (Å²) >= 11 is 1.81.